The number of nitrogens with zero attached hydrogens (tertiary/aromatic N) is 2. The number of rotatable bonds is 6. The molecule has 1 aromatic carbocycles. The van der Waals surface area contributed by atoms with Crippen LogP contribution in [0.1, 0.15) is 17.3 Å². The number of hydrogen-bond donors (Lipinski definition) is 1. The van der Waals surface area contributed by atoms with E-state index >= 15 is 0 Å². The Morgan fingerprint density at radius 3 is 2.29 bits per heavy atom. The largest absolute Gasteiger partial charge is 0.493 e. The van der Waals surface area contributed by atoms with Crippen molar-refractivity contribution in [2.75, 3.05) is 28.4 Å². The molecule has 0 saturated heterocycles. The molecule has 1 atom stereocenters. The second-order valence-electron chi connectivity index (χ2n) is 4.28. The summed E-state index contributed by atoms with van der Waals surface area (Å²) in [5.41, 5.74) is 1.70. The maximum atomic E-state index is 5.52. The molecule has 0 radical (unpaired) electrons. The summed E-state index contributed by atoms with van der Waals surface area (Å²) in [5.74, 6) is 1.79. The Labute approximate surface area is 124 Å². The fourth-order valence-corrected chi connectivity index (χ4v) is 2.27. The minimum atomic E-state index is -0.159. The lowest BCUT2D eigenvalue weighted by molar-refractivity contribution is 0.320. The van der Waals surface area contributed by atoms with Crippen LogP contribution in [0.2, 0.25) is 0 Å². The molecular formula is C15H19N3O3. The van der Waals surface area contributed by atoms with E-state index in [0.717, 1.165) is 11.3 Å². The molecule has 1 heterocycles. The summed E-state index contributed by atoms with van der Waals surface area (Å²) in [4.78, 5) is 8.46. The molecule has 0 aliphatic carbocycles. The molecule has 0 amide bonds. The van der Waals surface area contributed by atoms with Crippen molar-refractivity contribution in [2.45, 2.75) is 6.04 Å². The molecular weight excluding hydrogens is 270 g/mol. The van der Waals surface area contributed by atoms with Crippen LogP contribution in [0.5, 0.6) is 17.2 Å². The van der Waals surface area contributed by atoms with Crippen molar-refractivity contribution < 1.29 is 14.2 Å². The average molecular weight is 289 g/mol. The first kappa shape index (κ1) is 15.1. The highest BCUT2D eigenvalue weighted by Crippen LogP contribution is 2.42. The van der Waals surface area contributed by atoms with Gasteiger partial charge in [0.25, 0.3) is 0 Å². The third-order valence-electron chi connectivity index (χ3n) is 3.21. The van der Waals surface area contributed by atoms with E-state index in [1.807, 2.05) is 19.2 Å². The molecule has 2 rings (SSSR count). The second-order valence-corrected chi connectivity index (χ2v) is 4.28. The van der Waals surface area contributed by atoms with Gasteiger partial charge in [0.2, 0.25) is 5.75 Å². The summed E-state index contributed by atoms with van der Waals surface area (Å²) >= 11 is 0. The summed E-state index contributed by atoms with van der Waals surface area (Å²) in [6, 6.07) is 3.61. The summed E-state index contributed by atoms with van der Waals surface area (Å²) < 4.78 is 16.2. The van der Waals surface area contributed by atoms with Crippen LogP contribution in [0.15, 0.2) is 30.7 Å². The summed E-state index contributed by atoms with van der Waals surface area (Å²) in [6.45, 7) is 0. The zero-order valence-electron chi connectivity index (χ0n) is 12.6. The quantitative estimate of drug-likeness (QED) is 0.875. The minimum Gasteiger partial charge on any atom is -0.493 e. The summed E-state index contributed by atoms with van der Waals surface area (Å²) in [7, 11) is 6.63. The lowest BCUT2D eigenvalue weighted by Gasteiger charge is -2.21. The molecule has 112 valence electrons. The zero-order valence-corrected chi connectivity index (χ0v) is 12.6. The van der Waals surface area contributed by atoms with Gasteiger partial charge in [0.05, 0.1) is 39.3 Å². The van der Waals surface area contributed by atoms with Gasteiger partial charge in [-0.25, -0.2) is 0 Å². The van der Waals surface area contributed by atoms with E-state index in [2.05, 4.69) is 15.3 Å². The van der Waals surface area contributed by atoms with Crippen LogP contribution in [-0.2, 0) is 0 Å². The van der Waals surface area contributed by atoms with Gasteiger partial charge in [-0.2, -0.15) is 0 Å². The average Bonchev–Trinajstić information content (AvgIpc) is 2.55. The highest BCUT2D eigenvalue weighted by Gasteiger charge is 2.23. The number of benzene rings is 1. The van der Waals surface area contributed by atoms with E-state index in [9.17, 15) is 0 Å². The van der Waals surface area contributed by atoms with Crippen LogP contribution in [0.25, 0.3) is 0 Å². The predicted molar refractivity (Wildman–Crippen MR) is 79.0 cm³/mol. The number of nitrogens with one attached hydrogen (secondary N) is 1. The highest BCUT2D eigenvalue weighted by atomic mass is 16.5. The number of ether oxygens (including phenoxy) is 3. The van der Waals surface area contributed by atoms with Crippen molar-refractivity contribution in [3.63, 3.8) is 0 Å². The molecule has 0 spiro atoms. The van der Waals surface area contributed by atoms with Gasteiger partial charge in [-0.1, -0.05) is 0 Å². The first-order chi connectivity index (χ1) is 10.3. The molecule has 1 unspecified atom stereocenters. The Balaban J connectivity index is 2.56. The maximum Gasteiger partial charge on any atom is 0.203 e. The van der Waals surface area contributed by atoms with Crippen molar-refractivity contribution in [3.8, 4) is 17.2 Å². The summed E-state index contributed by atoms with van der Waals surface area (Å²) in [5, 5.41) is 3.22. The molecule has 21 heavy (non-hydrogen) atoms. The maximum absolute atomic E-state index is 5.52. The molecule has 6 nitrogen and oxygen atoms in total. The first-order valence-electron chi connectivity index (χ1n) is 6.48. The van der Waals surface area contributed by atoms with Crippen molar-refractivity contribution in [1.29, 1.82) is 0 Å². The molecule has 0 aliphatic rings. The van der Waals surface area contributed by atoms with Crippen LogP contribution in [0.4, 0.5) is 0 Å². The van der Waals surface area contributed by atoms with E-state index < -0.39 is 0 Å². The first-order valence-corrected chi connectivity index (χ1v) is 6.48. The zero-order chi connectivity index (χ0) is 15.2. The van der Waals surface area contributed by atoms with Crippen molar-refractivity contribution in [3.05, 3.63) is 42.0 Å². The second kappa shape index (κ2) is 6.90. The molecule has 0 bridgehead atoms. The topological polar surface area (TPSA) is 65.5 Å². The third-order valence-corrected chi connectivity index (χ3v) is 3.21. The lowest BCUT2D eigenvalue weighted by atomic mass is 10.0. The Morgan fingerprint density at radius 1 is 1.00 bits per heavy atom. The number of hydrogen-bond acceptors (Lipinski definition) is 6. The summed E-state index contributed by atoms with van der Waals surface area (Å²) in [6.07, 6.45) is 5.02. The predicted octanol–water partition coefficient (Wildman–Crippen LogP) is 1.81. The lowest BCUT2D eigenvalue weighted by Crippen LogP contribution is -2.20. The van der Waals surface area contributed by atoms with E-state index in [0.29, 0.717) is 17.2 Å². The molecule has 1 aromatic heterocycles. The van der Waals surface area contributed by atoms with Crippen LogP contribution < -0.4 is 19.5 Å². The van der Waals surface area contributed by atoms with Crippen molar-refractivity contribution in [1.82, 2.24) is 15.3 Å². The standard InChI is InChI=1S/C15H19N3O3/c1-16-13(11-9-17-7-8-18-11)10-5-6-12(19-2)15(21-4)14(10)20-3/h5-9,13,16H,1-4H3. The van der Waals surface area contributed by atoms with Gasteiger partial charge in [-0.3, -0.25) is 9.97 Å². The van der Waals surface area contributed by atoms with Gasteiger partial charge in [0.15, 0.2) is 11.5 Å². The van der Waals surface area contributed by atoms with Gasteiger partial charge < -0.3 is 19.5 Å². The Bertz CT molecular complexity index is 590. The minimum absolute atomic E-state index is 0.159. The van der Waals surface area contributed by atoms with E-state index in [1.54, 1.807) is 39.9 Å². The van der Waals surface area contributed by atoms with Gasteiger partial charge >= 0.3 is 0 Å². The molecule has 0 aliphatic heterocycles. The Kier molecular flexibility index (Phi) is 4.94. The molecule has 1 N–H and O–H groups in total. The fraction of sp³-hybridized carbons (Fsp3) is 0.333. The SMILES string of the molecule is CNC(c1cnccn1)c1ccc(OC)c(OC)c1OC. The number of methoxy groups -OCH3 is 3. The van der Waals surface area contributed by atoms with Gasteiger partial charge in [-0.05, 0) is 19.2 Å². The van der Waals surface area contributed by atoms with Crippen molar-refractivity contribution >= 4 is 0 Å². The number of aromatic nitrogens is 2. The van der Waals surface area contributed by atoms with E-state index in [4.69, 9.17) is 14.2 Å². The van der Waals surface area contributed by atoms with Crippen molar-refractivity contribution in [2.24, 2.45) is 0 Å². The Hall–Kier alpha value is -2.34. The monoisotopic (exact) mass is 289 g/mol. The van der Waals surface area contributed by atoms with Crippen LogP contribution in [0, 0.1) is 0 Å². The molecule has 6 heteroatoms. The smallest absolute Gasteiger partial charge is 0.203 e. The molecule has 0 saturated carbocycles. The Morgan fingerprint density at radius 2 is 1.76 bits per heavy atom. The fourth-order valence-electron chi connectivity index (χ4n) is 2.27. The molecule has 2 aromatic rings. The van der Waals surface area contributed by atoms with Gasteiger partial charge in [0, 0.05) is 18.0 Å². The normalized spacial score (nSPS) is 11.8. The van der Waals surface area contributed by atoms with Gasteiger partial charge in [-0.15, -0.1) is 0 Å². The van der Waals surface area contributed by atoms with Crippen LogP contribution in [0.3, 0.4) is 0 Å². The van der Waals surface area contributed by atoms with Crippen LogP contribution >= 0.6 is 0 Å². The highest BCUT2D eigenvalue weighted by molar-refractivity contribution is 5.57. The van der Waals surface area contributed by atoms with Gasteiger partial charge in [0.1, 0.15) is 0 Å². The van der Waals surface area contributed by atoms with E-state index in [-0.39, 0.29) is 6.04 Å². The van der Waals surface area contributed by atoms with E-state index in [1.165, 1.54) is 0 Å². The third kappa shape index (κ3) is 2.90. The van der Waals surface area contributed by atoms with Crippen LogP contribution in [-0.4, -0.2) is 38.3 Å². The molecule has 0 fully saturated rings.